The minimum absolute atomic E-state index is 0. The Morgan fingerprint density at radius 3 is 2.59 bits per heavy atom. The van der Waals surface area contributed by atoms with Crippen LogP contribution in [0.3, 0.4) is 0 Å². The van der Waals surface area contributed by atoms with Gasteiger partial charge in [-0.25, -0.2) is 0 Å². The number of benzene rings is 1. The molecule has 8 heteroatoms. The Morgan fingerprint density at radius 1 is 1.23 bits per heavy atom. The zero-order valence-corrected chi connectivity index (χ0v) is 13.0. The molecule has 0 bridgehead atoms. The van der Waals surface area contributed by atoms with Crippen LogP contribution in [0.5, 0.6) is 5.75 Å². The maximum absolute atomic E-state index is 12.5. The third kappa shape index (κ3) is 8.09. The lowest BCUT2D eigenvalue weighted by Gasteiger charge is -2.10. The number of carbonyl (C=O) groups is 1. The first-order valence-electron chi connectivity index (χ1n) is 6.71. The van der Waals surface area contributed by atoms with Gasteiger partial charge in [0.05, 0.1) is 5.56 Å². The summed E-state index contributed by atoms with van der Waals surface area (Å²) < 4.78 is 42.5. The highest BCUT2D eigenvalue weighted by Crippen LogP contribution is 2.31. The molecule has 0 saturated carbocycles. The van der Waals surface area contributed by atoms with E-state index < -0.39 is 11.7 Å². The lowest BCUT2D eigenvalue weighted by molar-refractivity contribution is -0.137. The van der Waals surface area contributed by atoms with Crippen LogP contribution in [0.4, 0.5) is 13.2 Å². The van der Waals surface area contributed by atoms with Gasteiger partial charge in [-0.2, -0.15) is 13.2 Å². The summed E-state index contributed by atoms with van der Waals surface area (Å²) in [6.07, 6.45) is -3.42. The summed E-state index contributed by atoms with van der Waals surface area (Å²) in [5, 5.41) is 5.72. The van der Waals surface area contributed by atoms with Crippen LogP contribution >= 0.6 is 12.4 Å². The van der Waals surface area contributed by atoms with E-state index in [0.717, 1.165) is 25.1 Å². The maximum Gasteiger partial charge on any atom is 0.416 e. The van der Waals surface area contributed by atoms with Gasteiger partial charge in [0.15, 0.2) is 6.61 Å². The van der Waals surface area contributed by atoms with Gasteiger partial charge < -0.3 is 15.4 Å². The van der Waals surface area contributed by atoms with Crippen LogP contribution in [-0.2, 0) is 11.0 Å². The van der Waals surface area contributed by atoms with Crippen molar-refractivity contribution >= 4 is 18.3 Å². The van der Waals surface area contributed by atoms with Crippen LogP contribution in [0.2, 0.25) is 0 Å². The molecule has 0 radical (unpaired) electrons. The minimum Gasteiger partial charge on any atom is -0.484 e. The average Bonchev–Trinajstić information content (AvgIpc) is 2.44. The van der Waals surface area contributed by atoms with Crippen molar-refractivity contribution in [1.82, 2.24) is 10.6 Å². The Labute approximate surface area is 133 Å². The molecule has 126 valence electrons. The Morgan fingerprint density at radius 2 is 1.95 bits per heavy atom. The first kappa shape index (κ1) is 20.5. The second-order valence-electron chi connectivity index (χ2n) is 4.41. The average molecular weight is 341 g/mol. The Kier molecular flexibility index (Phi) is 9.60. The Bertz CT molecular complexity index is 456. The molecule has 1 amide bonds. The van der Waals surface area contributed by atoms with Crippen molar-refractivity contribution in [2.45, 2.75) is 19.5 Å². The van der Waals surface area contributed by atoms with E-state index in [-0.39, 0.29) is 30.7 Å². The van der Waals surface area contributed by atoms with E-state index in [0.29, 0.717) is 13.1 Å². The maximum atomic E-state index is 12.5. The summed E-state index contributed by atoms with van der Waals surface area (Å²) in [5.74, 6) is -0.352. The van der Waals surface area contributed by atoms with Gasteiger partial charge >= 0.3 is 6.18 Å². The molecule has 0 aromatic heterocycles. The van der Waals surface area contributed by atoms with Crippen LogP contribution in [0.1, 0.15) is 18.9 Å². The van der Waals surface area contributed by atoms with Crippen molar-refractivity contribution in [3.63, 3.8) is 0 Å². The van der Waals surface area contributed by atoms with Crippen molar-refractivity contribution in [1.29, 1.82) is 0 Å². The fourth-order valence-corrected chi connectivity index (χ4v) is 1.55. The molecule has 4 nitrogen and oxygen atoms in total. The third-order valence-corrected chi connectivity index (χ3v) is 2.58. The normalized spacial score (nSPS) is 10.7. The van der Waals surface area contributed by atoms with Gasteiger partial charge in [-0.3, -0.25) is 4.79 Å². The van der Waals surface area contributed by atoms with Gasteiger partial charge in [-0.15, -0.1) is 12.4 Å². The van der Waals surface area contributed by atoms with Crippen molar-refractivity contribution in [3.05, 3.63) is 29.8 Å². The van der Waals surface area contributed by atoms with Gasteiger partial charge in [0.2, 0.25) is 0 Å². The quantitative estimate of drug-likeness (QED) is 0.715. The molecule has 2 N–H and O–H groups in total. The number of halogens is 4. The molecule has 0 saturated heterocycles. The van der Waals surface area contributed by atoms with E-state index in [1.54, 1.807) is 0 Å². The highest BCUT2D eigenvalue weighted by atomic mass is 35.5. The van der Waals surface area contributed by atoms with Crippen LogP contribution in [-0.4, -0.2) is 32.1 Å². The molecule has 0 spiro atoms. The summed E-state index contributed by atoms with van der Waals surface area (Å²) in [6.45, 7) is 3.69. The third-order valence-electron chi connectivity index (χ3n) is 2.58. The molecule has 1 aromatic carbocycles. The highest BCUT2D eigenvalue weighted by molar-refractivity contribution is 5.85. The first-order chi connectivity index (χ1) is 9.93. The lowest BCUT2D eigenvalue weighted by Crippen LogP contribution is -2.35. The van der Waals surface area contributed by atoms with E-state index in [2.05, 4.69) is 10.6 Å². The number of rotatable bonds is 8. The highest BCUT2D eigenvalue weighted by Gasteiger charge is 2.30. The molecular weight excluding hydrogens is 321 g/mol. The van der Waals surface area contributed by atoms with Crippen molar-refractivity contribution in [2.75, 3.05) is 26.2 Å². The molecule has 0 aliphatic heterocycles. The standard InChI is InChI=1S/C14H19F3N2O2.ClH/c1-2-6-18-7-8-19-13(20)10-21-12-5-3-4-11(9-12)14(15,16)17;/h3-5,9,18H,2,6-8,10H2,1H3,(H,19,20);1H. The van der Waals surface area contributed by atoms with Crippen molar-refractivity contribution < 1.29 is 22.7 Å². The molecular formula is C14H20ClF3N2O2. The monoisotopic (exact) mass is 340 g/mol. The molecule has 0 aliphatic carbocycles. The fraction of sp³-hybridized carbons (Fsp3) is 0.500. The Hall–Kier alpha value is -1.47. The molecule has 0 heterocycles. The van der Waals surface area contributed by atoms with Crippen LogP contribution < -0.4 is 15.4 Å². The minimum atomic E-state index is -4.42. The molecule has 0 fully saturated rings. The molecule has 0 atom stereocenters. The zero-order valence-electron chi connectivity index (χ0n) is 12.2. The summed E-state index contributed by atoms with van der Waals surface area (Å²) >= 11 is 0. The number of nitrogens with one attached hydrogen (secondary N) is 2. The van der Waals surface area contributed by atoms with E-state index >= 15 is 0 Å². The molecule has 1 aromatic rings. The van der Waals surface area contributed by atoms with Crippen LogP contribution in [0.15, 0.2) is 24.3 Å². The molecule has 22 heavy (non-hydrogen) atoms. The fourth-order valence-electron chi connectivity index (χ4n) is 1.55. The number of ether oxygens (including phenoxy) is 1. The van der Waals surface area contributed by atoms with E-state index in [1.807, 2.05) is 6.92 Å². The van der Waals surface area contributed by atoms with Crippen LogP contribution in [0.25, 0.3) is 0 Å². The smallest absolute Gasteiger partial charge is 0.416 e. The largest absolute Gasteiger partial charge is 0.484 e. The van der Waals surface area contributed by atoms with Crippen molar-refractivity contribution in [2.24, 2.45) is 0 Å². The number of hydrogen-bond acceptors (Lipinski definition) is 3. The van der Waals surface area contributed by atoms with Crippen molar-refractivity contribution in [3.8, 4) is 5.75 Å². The van der Waals surface area contributed by atoms with E-state index in [1.165, 1.54) is 12.1 Å². The predicted octanol–water partition coefficient (Wildman–Crippen LogP) is 2.62. The lowest BCUT2D eigenvalue weighted by atomic mass is 10.2. The van der Waals surface area contributed by atoms with Gasteiger partial charge in [0.25, 0.3) is 5.91 Å². The topological polar surface area (TPSA) is 50.4 Å². The number of hydrogen-bond donors (Lipinski definition) is 2. The van der Waals surface area contributed by atoms with E-state index in [4.69, 9.17) is 4.74 Å². The second kappa shape index (κ2) is 10.3. The Balaban J connectivity index is 0.00000441. The van der Waals surface area contributed by atoms with Gasteiger partial charge in [0, 0.05) is 13.1 Å². The van der Waals surface area contributed by atoms with E-state index in [9.17, 15) is 18.0 Å². The predicted molar refractivity (Wildman–Crippen MR) is 80.4 cm³/mol. The summed E-state index contributed by atoms with van der Waals surface area (Å²) in [6, 6.07) is 4.44. The number of alkyl halides is 3. The SMILES string of the molecule is CCCNCCNC(=O)COc1cccc(C(F)(F)F)c1.Cl. The van der Waals surface area contributed by atoms with Gasteiger partial charge in [-0.1, -0.05) is 13.0 Å². The summed E-state index contributed by atoms with van der Waals surface area (Å²) in [4.78, 5) is 11.4. The van der Waals surface area contributed by atoms with Crippen LogP contribution in [0, 0.1) is 0 Å². The summed E-state index contributed by atoms with van der Waals surface area (Å²) in [5.41, 5.74) is -0.802. The zero-order chi connectivity index (χ0) is 15.7. The molecule has 0 unspecified atom stereocenters. The first-order valence-corrected chi connectivity index (χ1v) is 6.71. The van der Waals surface area contributed by atoms with Gasteiger partial charge in [-0.05, 0) is 31.2 Å². The second-order valence-corrected chi connectivity index (χ2v) is 4.41. The van der Waals surface area contributed by atoms with Gasteiger partial charge in [0.1, 0.15) is 5.75 Å². The number of carbonyl (C=O) groups excluding carboxylic acids is 1. The number of amides is 1. The molecule has 1 rings (SSSR count). The summed E-state index contributed by atoms with van der Waals surface area (Å²) in [7, 11) is 0. The molecule has 0 aliphatic rings.